The number of hydrogen-bond donors (Lipinski definition) is 1. The van der Waals surface area contributed by atoms with Crippen molar-refractivity contribution in [2.24, 2.45) is 5.92 Å². The van der Waals surface area contributed by atoms with Crippen LogP contribution >= 0.6 is 0 Å². The highest BCUT2D eigenvalue weighted by Gasteiger charge is 2.27. The van der Waals surface area contributed by atoms with Gasteiger partial charge in [-0.15, -0.1) is 0 Å². The lowest BCUT2D eigenvalue weighted by molar-refractivity contribution is -0.126. The van der Waals surface area contributed by atoms with Gasteiger partial charge in [0.05, 0.1) is 0 Å². The molecule has 0 atom stereocenters. The normalized spacial score (nSPS) is 14.8. The predicted octanol–water partition coefficient (Wildman–Crippen LogP) is 3.06. The molecule has 0 bridgehead atoms. The molecule has 5 nitrogen and oxygen atoms in total. The zero-order valence-corrected chi connectivity index (χ0v) is 17.0. The fourth-order valence-corrected chi connectivity index (χ4v) is 3.58. The average Bonchev–Trinajstić information content (AvgIpc) is 2.73. The highest BCUT2D eigenvalue weighted by Crippen LogP contribution is 2.20. The Balaban J connectivity index is 1.45. The Morgan fingerprint density at radius 3 is 2.17 bits per heavy atom. The van der Waals surface area contributed by atoms with Gasteiger partial charge < -0.3 is 15.1 Å². The maximum atomic E-state index is 13.0. The molecular formula is C23H28FN3O2. The van der Waals surface area contributed by atoms with E-state index in [0.29, 0.717) is 38.0 Å². The second kappa shape index (κ2) is 9.65. The van der Waals surface area contributed by atoms with Gasteiger partial charge in [0.1, 0.15) is 5.82 Å². The van der Waals surface area contributed by atoms with Crippen molar-refractivity contribution < 1.29 is 14.0 Å². The average molecular weight is 397 g/mol. The molecular weight excluding hydrogens is 369 g/mol. The summed E-state index contributed by atoms with van der Waals surface area (Å²) in [7, 11) is 4.07. The summed E-state index contributed by atoms with van der Waals surface area (Å²) in [5.74, 6) is -0.512. The zero-order chi connectivity index (χ0) is 20.8. The van der Waals surface area contributed by atoms with E-state index >= 15 is 0 Å². The maximum Gasteiger partial charge on any atom is 0.253 e. The van der Waals surface area contributed by atoms with Gasteiger partial charge in [0.25, 0.3) is 5.91 Å². The van der Waals surface area contributed by atoms with Gasteiger partial charge in [-0.1, -0.05) is 24.3 Å². The molecule has 0 aromatic heterocycles. The molecule has 1 N–H and O–H groups in total. The maximum absolute atomic E-state index is 13.0. The first-order valence-electron chi connectivity index (χ1n) is 9.97. The number of rotatable bonds is 6. The van der Waals surface area contributed by atoms with Crippen molar-refractivity contribution in [2.45, 2.75) is 25.9 Å². The fourth-order valence-electron chi connectivity index (χ4n) is 3.58. The standard InChI is InChI=1S/C23H28FN3O2/c1-26(2)16-18-5-3-17(4-6-18)15-25-22(28)19-11-13-27(14-12-19)23(29)20-7-9-21(24)10-8-20/h3-10,19H,11-16H2,1-2H3,(H,25,28). The number of hydrogen-bond acceptors (Lipinski definition) is 3. The Bertz CT molecular complexity index is 826. The summed E-state index contributed by atoms with van der Waals surface area (Å²) in [6.07, 6.45) is 1.28. The van der Waals surface area contributed by atoms with Gasteiger partial charge in [-0.2, -0.15) is 0 Å². The third-order valence-corrected chi connectivity index (χ3v) is 5.23. The molecule has 0 unspecified atom stereocenters. The molecule has 1 fully saturated rings. The van der Waals surface area contributed by atoms with Crippen LogP contribution in [0.5, 0.6) is 0 Å². The predicted molar refractivity (Wildman–Crippen MR) is 111 cm³/mol. The molecule has 6 heteroatoms. The van der Waals surface area contributed by atoms with Crippen LogP contribution in [-0.4, -0.2) is 48.8 Å². The summed E-state index contributed by atoms with van der Waals surface area (Å²) in [5, 5.41) is 3.02. The first-order valence-corrected chi connectivity index (χ1v) is 9.97. The number of piperidine rings is 1. The van der Waals surface area contributed by atoms with Crippen LogP contribution in [0.25, 0.3) is 0 Å². The van der Waals surface area contributed by atoms with Crippen molar-refractivity contribution >= 4 is 11.8 Å². The van der Waals surface area contributed by atoms with Crippen molar-refractivity contribution in [3.8, 4) is 0 Å². The van der Waals surface area contributed by atoms with E-state index in [4.69, 9.17) is 0 Å². The number of nitrogens with zero attached hydrogens (tertiary/aromatic N) is 2. The third-order valence-electron chi connectivity index (χ3n) is 5.23. The van der Waals surface area contributed by atoms with Gasteiger partial charge >= 0.3 is 0 Å². The van der Waals surface area contributed by atoms with Crippen molar-refractivity contribution in [3.63, 3.8) is 0 Å². The Labute approximate surface area is 171 Å². The first-order chi connectivity index (χ1) is 13.9. The van der Waals surface area contributed by atoms with E-state index < -0.39 is 0 Å². The van der Waals surface area contributed by atoms with Gasteiger partial charge in [0.2, 0.25) is 5.91 Å². The lowest BCUT2D eigenvalue weighted by atomic mass is 9.95. The molecule has 154 valence electrons. The van der Waals surface area contributed by atoms with E-state index in [1.807, 2.05) is 26.2 Å². The van der Waals surface area contributed by atoms with Crippen LogP contribution in [0, 0.1) is 11.7 Å². The summed E-state index contributed by atoms with van der Waals surface area (Å²) in [4.78, 5) is 28.8. The molecule has 1 aliphatic rings. The number of amides is 2. The molecule has 2 aromatic rings. The number of carbonyl (C=O) groups is 2. The Kier molecular flexibility index (Phi) is 6.99. The van der Waals surface area contributed by atoms with Gasteiger partial charge in [0, 0.05) is 37.7 Å². The number of carbonyl (C=O) groups excluding carboxylic acids is 2. The van der Waals surface area contributed by atoms with Crippen molar-refractivity contribution in [1.82, 2.24) is 15.1 Å². The SMILES string of the molecule is CN(C)Cc1ccc(CNC(=O)C2CCN(C(=O)c3ccc(F)cc3)CC2)cc1. The number of benzene rings is 2. The van der Waals surface area contributed by atoms with Gasteiger partial charge in [0.15, 0.2) is 0 Å². The van der Waals surface area contributed by atoms with Gasteiger partial charge in [-0.3, -0.25) is 9.59 Å². The molecule has 0 aliphatic carbocycles. The quantitative estimate of drug-likeness (QED) is 0.815. The van der Waals surface area contributed by atoms with Gasteiger partial charge in [-0.05, 0) is 62.3 Å². The Hall–Kier alpha value is -2.73. The molecule has 1 saturated heterocycles. The van der Waals surface area contributed by atoms with Gasteiger partial charge in [-0.25, -0.2) is 4.39 Å². The number of halogens is 1. The van der Waals surface area contributed by atoms with E-state index in [1.54, 1.807) is 4.90 Å². The summed E-state index contributed by atoms with van der Waals surface area (Å²) in [6.45, 7) is 2.47. The number of nitrogens with one attached hydrogen (secondary N) is 1. The minimum absolute atomic E-state index is 0.0382. The minimum Gasteiger partial charge on any atom is -0.352 e. The molecule has 1 aliphatic heterocycles. The van der Waals surface area contributed by atoms with E-state index in [-0.39, 0.29) is 23.5 Å². The monoisotopic (exact) mass is 397 g/mol. The Morgan fingerprint density at radius 2 is 1.59 bits per heavy atom. The molecule has 2 amide bonds. The van der Waals surface area contributed by atoms with Crippen molar-refractivity contribution in [3.05, 3.63) is 71.0 Å². The van der Waals surface area contributed by atoms with Crippen LogP contribution in [0.3, 0.4) is 0 Å². The highest BCUT2D eigenvalue weighted by molar-refractivity contribution is 5.94. The van der Waals surface area contributed by atoms with E-state index in [0.717, 1.165) is 12.1 Å². The molecule has 0 spiro atoms. The van der Waals surface area contributed by atoms with Crippen LogP contribution < -0.4 is 5.32 Å². The van der Waals surface area contributed by atoms with Crippen LogP contribution in [0.4, 0.5) is 4.39 Å². The summed E-state index contributed by atoms with van der Waals surface area (Å²) in [5.41, 5.74) is 2.79. The first kappa shape index (κ1) is 21.0. The highest BCUT2D eigenvalue weighted by atomic mass is 19.1. The van der Waals surface area contributed by atoms with Crippen LogP contribution in [0.2, 0.25) is 0 Å². The summed E-state index contributed by atoms with van der Waals surface area (Å²) in [6, 6.07) is 13.8. The van der Waals surface area contributed by atoms with Crippen LogP contribution in [0.15, 0.2) is 48.5 Å². The van der Waals surface area contributed by atoms with Crippen LogP contribution in [0.1, 0.15) is 34.3 Å². The van der Waals surface area contributed by atoms with E-state index in [9.17, 15) is 14.0 Å². The smallest absolute Gasteiger partial charge is 0.253 e. The van der Waals surface area contributed by atoms with E-state index in [2.05, 4.69) is 22.3 Å². The molecule has 1 heterocycles. The zero-order valence-electron chi connectivity index (χ0n) is 17.0. The molecule has 2 aromatic carbocycles. The second-order valence-electron chi connectivity index (χ2n) is 7.85. The molecule has 3 rings (SSSR count). The Morgan fingerprint density at radius 1 is 1.00 bits per heavy atom. The molecule has 29 heavy (non-hydrogen) atoms. The lowest BCUT2D eigenvalue weighted by Crippen LogP contribution is -2.42. The molecule has 0 radical (unpaired) electrons. The van der Waals surface area contributed by atoms with Crippen molar-refractivity contribution in [2.75, 3.05) is 27.2 Å². The molecule has 0 saturated carbocycles. The van der Waals surface area contributed by atoms with E-state index in [1.165, 1.54) is 29.8 Å². The summed E-state index contributed by atoms with van der Waals surface area (Å²) < 4.78 is 13.0. The van der Waals surface area contributed by atoms with Crippen LogP contribution in [-0.2, 0) is 17.9 Å². The second-order valence-corrected chi connectivity index (χ2v) is 7.85. The van der Waals surface area contributed by atoms with Crippen molar-refractivity contribution in [1.29, 1.82) is 0 Å². The fraction of sp³-hybridized carbons (Fsp3) is 0.391. The largest absolute Gasteiger partial charge is 0.352 e. The third kappa shape index (κ3) is 5.87. The minimum atomic E-state index is -0.357. The number of likely N-dealkylation sites (tertiary alicyclic amines) is 1. The topological polar surface area (TPSA) is 52.7 Å². The summed E-state index contributed by atoms with van der Waals surface area (Å²) >= 11 is 0. The lowest BCUT2D eigenvalue weighted by Gasteiger charge is -2.31.